The van der Waals surface area contributed by atoms with Crippen molar-refractivity contribution in [3.63, 3.8) is 0 Å². The van der Waals surface area contributed by atoms with Crippen molar-refractivity contribution < 1.29 is 18.9 Å². The van der Waals surface area contributed by atoms with Crippen LogP contribution in [0.4, 0.5) is 5.69 Å². The Morgan fingerprint density at radius 2 is 2.00 bits per heavy atom. The van der Waals surface area contributed by atoms with Crippen LogP contribution in [0.5, 0.6) is 5.75 Å². The average molecular weight is 516 g/mol. The highest BCUT2D eigenvalue weighted by atomic mass is 32.2. The van der Waals surface area contributed by atoms with E-state index in [4.69, 9.17) is 14.6 Å². The number of benzene rings is 2. The second kappa shape index (κ2) is 9.86. The molecule has 0 saturated heterocycles. The standard InChI is InChI=1S/C26H21N5O5S/c1-3-18(15-7-5-4-6-8-15)25-29-30-23(27)20(24(32)28-26(30)37-25)13-17-10-12-22(36-17)19-11-9-16(35-2)14-21(19)31(33)34/h4-14,18,27H,3H2,1-2H3/b20-13+,27-23?/t18-/m0/s1. The number of aliphatic imine (C=N–C) groups is 1. The van der Waals surface area contributed by atoms with Crippen molar-refractivity contribution in [2.45, 2.75) is 19.3 Å². The summed E-state index contributed by atoms with van der Waals surface area (Å²) in [5, 5.41) is 27.3. The van der Waals surface area contributed by atoms with Gasteiger partial charge in [0, 0.05) is 5.92 Å². The van der Waals surface area contributed by atoms with Gasteiger partial charge in [-0.05, 0) is 54.1 Å². The smallest absolute Gasteiger partial charge is 0.284 e. The highest BCUT2D eigenvalue weighted by molar-refractivity contribution is 8.27. The summed E-state index contributed by atoms with van der Waals surface area (Å²) >= 11 is 1.29. The van der Waals surface area contributed by atoms with Gasteiger partial charge in [0.15, 0.2) is 5.84 Å². The molecular formula is C26H21N5O5S. The quantitative estimate of drug-likeness (QED) is 0.243. The number of amidine groups is 2. The molecule has 2 aliphatic heterocycles. The van der Waals surface area contributed by atoms with Crippen molar-refractivity contribution in [1.29, 1.82) is 5.41 Å². The van der Waals surface area contributed by atoms with E-state index in [1.165, 1.54) is 42.1 Å². The molecular weight excluding hydrogens is 494 g/mol. The molecule has 1 atom stereocenters. The number of nitro benzene ring substituents is 1. The van der Waals surface area contributed by atoms with Gasteiger partial charge in [-0.1, -0.05) is 37.3 Å². The highest BCUT2D eigenvalue weighted by Gasteiger charge is 2.38. The van der Waals surface area contributed by atoms with E-state index in [9.17, 15) is 14.9 Å². The molecule has 2 aliphatic rings. The third-order valence-corrected chi connectivity index (χ3v) is 6.98. The zero-order valence-corrected chi connectivity index (χ0v) is 20.7. The summed E-state index contributed by atoms with van der Waals surface area (Å²) in [5.41, 5.74) is 1.19. The van der Waals surface area contributed by atoms with Gasteiger partial charge >= 0.3 is 0 Å². The molecule has 186 valence electrons. The Kier molecular flexibility index (Phi) is 6.45. The fourth-order valence-corrected chi connectivity index (χ4v) is 5.20. The van der Waals surface area contributed by atoms with E-state index < -0.39 is 10.8 Å². The van der Waals surface area contributed by atoms with Crippen LogP contribution in [-0.2, 0) is 4.79 Å². The summed E-state index contributed by atoms with van der Waals surface area (Å²) in [7, 11) is 1.43. The summed E-state index contributed by atoms with van der Waals surface area (Å²) < 4.78 is 10.9. The predicted molar refractivity (Wildman–Crippen MR) is 142 cm³/mol. The first-order valence-electron chi connectivity index (χ1n) is 11.4. The maximum atomic E-state index is 12.8. The Morgan fingerprint density at radius 3 is 2.70 bits per heavy atom. The molecule has 1 N–H and O–H groups in total. The Labute approximate surface area is 216 Å². The Morgan fingerprint density at radius 1 is 1.22 bits per heavy atom. The number of hydrogen-bond donors (Lipinski definition) is 1. The van der Waals surface area contributed by atoms with Gasteiger partial charge in [0.1, 0.15) is 22.3 Å². The molecule has 10 nitrogen and oxygen atoms in total. The van der Waals surface area contributed by atoms with E-state index in [0.29, 0.717) is 10.9 Å². The number of hydrogen-bond acceptors (Lipinski definition) is 8. The van der Waals surface area contributed by atoms with Crippen molar-refractivity contribution in [3.8, 4) is 17.1 Å². The van der Waals surface area contributed by atoms with Crippen LogP contribution in [0.1, 0.15) is 30.6 Å². The lowest BCUT2D eigenvalue weighted by atomic mass is 9.98. The molecule has 11 heteroatoms. The molecule has 0 saturated carbocycles. The third kappa shape index (κ3) is 4.56. The SMILES string of the molecule is CC[C@H](C1=NN2C(=N)/C(=C\c3ccc(-c4ccc(OC)cc4[N+](=O)[O-])o3)C(=O)N=C2S1)c1ccccc1. The molecule has 5 rings (SSSR count). The van der Waals surface area contributed by atoms with Crippen LogP contribution < -0.4 is 4.74 Å². The number of nitrogens with zero attached hydrogens (tertiary/aromatic N) is 4. The number of ether oxygens (including phenoxy) is 1. The number of carbonyl (C=O) groups excluding carboxylic acids is 1. The molecule has 0 bridgehead atoms. The van der Waals surface area contributed by atoms with E-state index in [1.807, 2.05) is 30.3 Å². The minimum Gasteiger partial charge on any atom is -0.497 e. The second-order valence-corrected chi connectivity index (χ2v) is 9.16. The summed E-state index contributed by atoms with van der Waals surface area (Å²) in [6.45, 7) is 2.06. The minimum atomic E-state index is -0.582. The number of carbonyl (C=O) groups is 1. The highest BCUT2D eigenvalue weighted by Crippen LogP contribution is 2.37. The van der Waals surface area contributed by atoms with Crippen LogP contribution in [0, 0.1) is 15.5 Å². The molecule has 1 aromatic heterocycles. The Bertz CT molecular complexity index is 1510. The monoisotopic (exact) mass is 515 g/mol. The number of thioether (sulfide) groups is 1. The first-order valence-corrected chi connectivity index (χ1v) is 12.2. The predicted octanol–water partition coefficient (Wildman–Crippen LogP) is 5.68. The second-order valence-electron chi connectivity index (χ2n) is 8.17. The van der Waals surface area contributed by atoms with Crippen LogP contribution in [-0.4, -0.2) is 39.0 Å². The number of nitrogens with one attached hydrogen (secondary N) is 1. The topological polar surface area (TPSA) is 134 Å². The third-order valence-electron chi connectivity index (χ3n) is 5.96. The van der Waals surface area contributed by atoms with Gasteiger partial charge in [0.2, 0.25) is 5.17 Å². The molecule has 1 amide bonds. The fourth-order valence-electron chi connectivity index (χ4n) is 4.10. The molecule has 0 radical (unpaired) electrons. The number of amides is 1. The zero-order valence-electron chi connectivity index (χ0n) is 19.9. The lowest BCUT2D eigenvalue weighted by Gasteiger charge is -2.19. The van der Waals surface area contributed by atoms with Crippen molar-refractivity contribution in [1.82, 2.24) is 5.01 Å². The van der Waals surface area contributed by atoms with Crippen LogP contribution >= 0.6 is 11.8 Å². The average Bonchev–Trinajstić information content (AvgIpc) is 3.54. The molecule has 0 aliphatic carbocycles. The summed E-state index contributed by atoms with van der Waals surface area (Å²) in [6.07, 6.45) is 2.20. The van der Waals surface area contributed by atoms with E-state index in [-0.39, 0.29) is 40.1 Å². The van der Waals surface area contributed by atoms with Crippen LogP contribution in [0.3, 0.4) is 0 Å². The van der Waals surface area contributed by atoms with E-state index in [1.54, 1.807) is 18.2 Å². The van der Waals surface area contributed by atoms with Gasteiger partial charge in [-0.25, -0.2) is 0 Å². The van der Waals surface area contributed by atoms with Gasteiger partial charge in [-0.3, -0.25) is 20.3 Å². The normalized spacial score (nSPS) is 16.9. The molecule has 2 aromatic carbocycles. The van der Waals surface area contributed by atoms with E-state index in [0.717, 1.165) is 17.0 Å². The first kappa shape index (κ1) is 24.2. The number of fused-ring (bicyclic) bond motifs is 1. The van der Waals surface area contributed by atoms with Crippen molar-refractivity contribution in [2.24, 2.45) is 10.1 Å². The van der Waals surface area contributed by atoms with Gasteiger partial charge in [-0.2, -0.15) is 15.1 Å². The summed E-state index contributed by atoms with van der Waals surface area (Å²) in [5.74, 6) is 0.155. The molecule has 0 fully saturated rings. The molecule has 0 spiro atoms. The lowest BCUT2D eigenvalue weighted by molar-refractivity contribution is -0.384. The van der Waals surface area contributed by atoms with Crippen LogP contribution in [0.15, 0.2) is 80.7 Å². The zero-order chi connectivity index (χ0) is 26.1. The van der Waals surface area contributed by atoms with Gasteiger partial charge in [0.05, 0.1) is 29.2 Å². The Hall–Kier alpha value is -4.51. The van der Waals surface area contributed by atoms with Crippen LogP contribution in [0.2, 0.25) is 0 Å². The van der Waals surface area contributed by atoms with Crippen molar-refractivity contribution in [3.05, 3.63) is 87.7 Å². The van der Waals surface area contributed by atoms with Crippen molar-refractivity contribution in [2.75, 3.05) is 7.11 Å². The van der Waals surface area contributed by atoms with Crippen LogP contribution in [0.25, 0.3) is 17.4 Å². The molecule has 3 heterocycles. The molecule has 0 unspecified atom stereocenters. The first-order chi connectivity index (χ1) is 17.9. The Balaban J connectivity index is 1.44. The van der Waals surface area contributed by atoms with Gasteiger partial charge in [-0.15, -0.1) is 0 Å². The number of rotatable bonds is 7. The number of methoxy groups -OCH3 is 1. The maximum absolute atomic E-state index is 12.8. The number of hydrazone groups is 1. The molecule has 3 aromatic rings. The van der Waals surface area contributed by atoms with Gasteiger partial charge in [0.25, 0.3) is 11.6 Å². The van der Waals surface area contributed by atoms with E-state index >= 15 is 0 Å². The largest absolute Gasteiger partial charge is 0.497 e. The van der Waals surface area contributed by atoms with E-state index in [2.05, 4.69) is 17.0 Å². The van der Waals surface area contributed by atoms with Crippen molar-refractivity contribution >= 4 is 45.5 Å². The fraction of sp³-hybridized carbons (Fsp3) is 0.154. The molecule has 37 heavy (non-hydrogen) atoms. The summed E-state index contributed by atoms with van der Waals surface area (Å²) in [4.78, 5) is 28.0. The summed E-state index contributed by atoms with van der Waals surface area (Å²) in [6, 6.07) is 17.5. The van der Waals surface area contributed by atoms with Gasteiger partial charge < -0.3 is 9.15 Å². The maximum Gasteiger partial charge on any atom is 0.284 e. The number of furan rings is 1. The lowest BCUT2D eigenvalue weighted by Crippen LogP contribution is -2.35. The number of nitro groups is 1. The minimum absolute atomic E-state index is 0.00670.